The second-order valence-electron chi connectivity index (χ2n) is 15.7. The molecule has 1 aromatic rings. The Morgan fingerprint density at radius 2 is 0.646 bits per heavy atom. The standard InChI is InChI=1S/C44H82O4/c1-5-7-9-11-13-15-17-19-21-23-25-33-43(3,45)35-27-37-47-39-41-29-31-42(32-30-41)40-48-38-28-36-44(4,46)34-26-24-22-20-18-16-14-12-10-8-6-2/h29-32,45-46H,5-28,33-40H2,1-4H3. The Kier molecular flexibility index (Phi) is 29.0. The van der Waals surface area contributed by atoms with Gasteiger partial charge in [-0.2, -0.15) is 0 Å². The molecule has 0 aliphatic rings. The van der Waals surface area contributed by atoms with Crippen molar-refractivity contribution in [3.05, 3.63) is 35.4 Å². The molecule has 0 heterocycles. The Hall–Kier alpha value is -0.940. The molecule has 4 heteroatoms. The smallest absolute Gasteiger partial charge is 0.0716 e. The summed E-state index contributed by atoms with van der Waals surface area (Å²) in [7, 11) is 0. The SMILES string of the molecule is CCCCCCCCCCCCCC(C)(O)CCCOCc1ccc(COCCCC(C)(O)CCCCCCCCCCCCC)cc1. The molecule has 0 aliphatic heterocycles. The number of hydrogen-bond donors (Lipinski definition) is 2. The van der Waals surface area contributed by atoms with Gasteiger partial charge < -0.3 is 19.7 Å². The van der Waals surface area contributed by atoms with Gasteiger partial charge in [-0.3, -0.25) is 0 Å². The second kappa shape index (κ2) is 30.8. The van der Waals surface area contributed by atoms with Crippen LogP contribution in [0.4, 0.5) is 0 Å². The predicted octanol–water partition coefficient (Wildman–Crippen LogP) is 13.2. The summed E-state index contributed by atoms with van der Waals surface area (Å²) >= 11 is 0. The average molecular weight is 675 g/mol. The van der Waals surface area contributed by atoms with Gasteiger partial charge >= 0.3 is 0 Å². The third-order valence-electron chi connectivity index (χ3n) is 10.2. The van der Waals surface area contributed by atoms with E-state index in [1.807, 2.05) is 13.8 Å². The van der Waals surface area contributed by atoms with E-state index in [2.05, 4.69) is 38.1 Å². The highest BCUT2D eigenvalue weighted by atomic mass is 16.5. The highest BCUT2D eigenvalue weighted by Gasteiger charge is 2.20. The third-order valence-corrected chi connectivity index (χ3v) is 10.2. The molecule has 2 atom stereocenters. The summed E-state index contributed by atoms with van der Waals surface area (Å²) in [5, 5.41) is 21.5. The van der Waals surface area contributed by atoms with E-state index in [4.69, 9.17) is 9.47 Å². The minimum Gasteiger partial charge on any atom is -0.390 e. The second-order valence-corrected chi connectivity index (χ2v) is 15.7. The predicted molar refractivity (Wildman–Crippen MR) is 208 cm³/mol. The van der Waals surface area contributed by atoms with Gasteiger partial charge in [-0.1, -0.05) is 179 Å². The van der Waals surface area contributed by atoms with Gasteiger partial charge in [0.25, 0.3) is 0 Å². The minimum absolute atomic E-state index is 0.577. The van der Waals surface area contributed by atoms with Crippen molar-refractivity contribution in [1.82, 2.24) is 0 Å². The molecule has 1 aromatic carbocycles. The van der Waals surface area contributed by atoms with Crippen molar-refractivity contribution in [3.63, 3.8) is 0 Å². The normalized spacial score (nSPS) is 14.3. The van der Waals surface area contributed by atoms with Gasteiger partial charge in [-0.15, -0.1) is 0 Å². The first kappa shape index (κ1) is 45.1. The van der Waals surface area contributed by atoms with Crippen molar-refractivity contribution < 1.29 is 19.7 Å². The molecule has 48 heavy (non-hydrogen) atoms. The van der Waals surface area contributed by atoms with E-state index in [1.165, 1.54) is 140 Å². The van der Waals surface area contributed by atoms with E-state index in [0.717, 1.165) is 51.4 Å². The van der Waals surface area contributed by atoms with Crippen LogP contribution in [0.3, 0.4) is 0 Å². The van der Waals surface area contributed by atoms with E-state index in [1.54, 1.807) is 0 Å². The lowest BCUT2D eigenvalue weighted by Gasteiger charge is -2.23. The van der Waals surface area contributed by atoms with Crippen LogP contribution in [0.2, 0.25) is 0 Å². The van der Waals surface area contributed by atoms with Crippen molar-refractivity contribution in [2.75, 3.05) is 13.2 Å². The van der Waals surface area contributed by atoms with Crippen LogP contribution in [-0.4, -0.2) is 34.6 Å². The van der Waals surface area contributed by atoms with Crippen LogP contribution in [0.5, 0.6) is 0 Å². The number of unbranched alkanes of at least 4 members (excludes halogenated alkanes) is 20. The van der Waals surface area contributed by atoms with Crippen molar-refractivity contribution in [2.45, 2.75) is 232 Å². The molecule has 0 spiro atoms. The Labute approximate surface area is 299 Å². The molecule has 282 valence electrons. The summed E-state index contributed by atoms with van der Waals surface area (Å²) in [5.41, 5.74) is 1.19. The first-order valence-corrected chi connectivity index (χ1v) is 21.0. The molecule has 0 amide bonds. The Morgan fingerprint density at radius 3 is 0.938 bits per heavy atom. The lowest BCUT2D eigenvalue weighted by molar-refractivity contribution is 0.0238. The van der Waals surface area contributed by atoms with Crippen LogP contribution in [-0.2, 0) is 22.7 Å². The van der Waals surface area contributed by atoms with Crippen LogP contribution in [0, 0.1) is 0 Å². The average Bonchev–Trinajstić information content (AvgIpc) is 3.06. The van der Waals surface area contributed by atoms with Crippen LogP contribution in [0.1, 0.15) is 219 Å². The molecule has 0 saturated carbocycles. The van der Waals surface area contributed by atoms with Gasteiger partial charge in [0.15, 0.2) is 0 Å². The van der Waals surface area contributed by atoms with E-state index < -0.39 is 11.2 Å². The van der Waals surface area contributed by atoms with Gasteiger partial charge in [0.1, 0.15) is 0 Å². The highest BCUT2D eigenvalue weighted by molar-refractivity contribution is 5.21. The van der Waals surface area contributed by atoms with Crippen LogP contribution < -0.4 is 0 Å². The van der Waals surface area contributed by atoms with Crippen molar-refractivity contribution in [3.8, 4) is 0 Å². The Balaban J connectivity index is 1.99. The third kappa shape index (κ3) is 28.9. The molecule has 0 bridgehead atoms. The van der Waals surface area contributed by atoms with Crippen LogP contribution in [0.15, 0.2) is 24.3 Å². The zero-order valence-electron chi connectivity index (χ0n) is 32.6. The number of aliphatic hydroxyl groups is 2. The molecule has 1 rings (SSSR count). The number of benzene rings is 1. The fourth-order valence-electron chi connectivity index (χ4n) is 6.81. The first-order valence-electron chi connectivity index (χ1n) is 21.0. The van der Waals surface area contributed by atoms with E-state index in [-0.39, 0.29) is 0 Å². The zero-order chi connectivity index (χ0) is 35.0. The summed E-state index contributed by atoms with van der Waals surface area (Å²) in [6.07, 6.45) is 34.7. The molecule has 0 saturated heterocycles. The molecular weight excluding hydrogens is 592 g/mol. The lowest BCUT2D eigenvalue weighted by Crippen LogP contribution is -2.24. The van der Waals surface area contributed by atoms with Gasteiger partial charge in [0, 0.05) is 13.2 Å². The quantitative estimate of drug-likeness (QED) is 0.0696. The van der Waals surface area contributed by atoms with Crippen molar-refractivity contribution in [2.24, 2.45) is 0 Å². The molecule has 0 fully saturated rings. The minimum atomic E-state index is -0.577. The summed E-state index contributed by atoms with van der Waals surface area (Å²) in [6.45, 7) is 11.1. The largest absolute Gasteiger partial charge is 0.390 e. The maximum Gasteiger partial charge on any atom is 0.0716 e. The topological polar surface area (TPSA) is 58.9 Å². The van der Waals surface area contributed by atoms with Gasteiger partial charge in [-0.25, -0.2) is 0 Å². The molecule has 2 N–H and O–H groups in total. The summed E-state index contributed by atoms with van der Waals surface area (Å²) in [6, 6.07) is 8.50. The molecule has 2 unspecified atom stereocenters. The van der Waals surface area contributed by atoms with Gasteiger partial charge in [0.05, 0.1) is 24.4 Å². The molecule has 0 aromatic heterocycles. The fourth-order valence-corrected chi connectivity index (χ4v) is 6.81. The van der Waals surface area contributed by atoms with Gasteiger partial charge in [-0.05, 0) is 63.5 Å². The summed E-state index contributed by atoms with van der Waals surface area (Å²) in [5.74, 6) is 0. The van der Waals surface area contributed by atoms with E-state index in [9.17, 15) is 10.2 Å². The molecular formula is C44H82O4. The van der Waals surface area contributed by atoms with Gasteiger partial charge in [0.2, 0.25) is 0 Å². The van der Waals surface area contributed by atoms with E-state index >= 15 is 0 Å². The summed E-state index contributed by atoms with van der Waals surface area (Å²) in [4.78, 5) is 0. The van der Waals surface area contributed by atoms with Crippen LogP contribution in [0.25, 0.3) is 0 Å². The molecule has 4 nitrogen and oxygen atoms in total. The number of rotatable bonds is 36. The summed E-state index contributed by atoms with van der Waals surface area (Å²) < 4.78 is 11.8. The molecule has 0 aliphatic carbocycles. The zero-order valence-corrected chi connectivity index (χ0v) is 32.6. The van der Waals surface area contributed by atoms with Crippen molar-refractivity contribution in [1.29, 1.82) is 0 Å². The lowest BCUT2D eigenvalue weighted by atomic mass is 9.93. The maximum absolute atomic E-state index is 10.8. The Morgan fingerprint density at radius 1 is 0.396 bits per heavy atom. The van der Waals surface area contributed by atoms with E-state index in [0.29, 0.717) is 26.4 Å². The first-order chi connectivity index (χ1) is 23.3. The highest BCUT2D eigenvalue weighted by Crippen LogP contribution is 2.23. The maximum atomic E-state index is 10.8. The fraction of sp³-hybridized carbons (Fsp3) is 0.864. The van der Waals surface area contributed by atoms with Crippen molar-refractivity contribution >= 4 is 0 Å². The Bertz CT molecular complexity index is 736. The molecule has 0 radical (unpaired) electrons. The monoisotopic (exact) mass is 675 g/mol. The number of hydrogen-bond acceptors (Lipinski definition) is 4. The number of ether oxygens (including phenoxy) is 2. The van der Waals surface area contributed by atoms with Crippen LogP contribution >= 0.6 is 0 Å².